The van der Waals surface area contributed by atoms with Gasteiger partial charge in [-0.25, -0.2) is 13.4 Å². The Labute approximate surface area is 102 Å². The molecule has 100 valence electrons. The Balaban J connectivity index is 2.93. The molecule has 0 fully saturated rings. The highest BCUT2D eigenvalue weighted by atomic mass is 32.2. The molecule has 1 aromatic rings. The van der Waals surface area contributed by atoms with Crippen LogP contribution in [0.3, 0.4) is 0 Å². The maximum absolute atomic E-state index is 11.7. The van der Waals surface area contributed by atoms with Crippen molar-refractivity contribution < 1.29 is 28.2 Å². The van der Waals surface area contributed by atoms with Gasteiger partial charge in [0.25, 0.3) is 10.0 Å². The molecule has 1 unspecified atom stereocenters. The van der Waals surface area contributed by atoms with Gasteiger partial charge in [-0.3, -0.25) is 9.59 Å². The van der Waals surface area contributed by atoms with Crippen molar-refractivity contribution in [2.45, 2.75) is 17.5 Å². The molecular weight excluding hydrogens is 266 g/mol. The minimum Gasteiger partial charge on any atom is -0.481 e. The molecule has 0 bridgehead atoms. The summed E-state index contributed by atoms with van der Waals surface area (Å²) in [6, 6.07) is -1.74. The summed E-state index contributed by atoms with van der Waals surface area (Å²) in [5.74, 6) is -3.00. The standard InChI is InChI=1S/C8H11N3O6S/c1-11-3-6(9-4-11)18(16,17)10-5(8(14)15)2-7(12)13/h3-5,10H,2H2,1H3,(H,12,13)(H,14,15). The summed E-state index contributed by atoms with van der Waals surface area (Å²) < 4.78 is 26.5. The van der Waals surface area contributed by atoms with Gasteiger partial charge in [-0.05, 0) is 0 Å². The highest BCUT2D eigenvalue weighted by molar-refractivity contribution is 7.89. The van der Waals surface area contributed by atoms with Crippen molar-refractivity contribution in [3.8, 4) is 0 Å². The summed E-state index contributed by atoms with van der Waals surface area (Å²) in [6.07, 6.45) is 1.53. The van der Waals surface area contributed by atoms with E-state index in [4.69, 9.17) is 10.2 Å². The number of nitrogens with zero attached hydrogens (tertiary/aromatic N) is 2. The molecule has 1 aromatic heterocycles. The minimum atomic E-state index is -4.16. The number of aryl methyl sites for hydroxylation is 1. The lowest BCUT2D eigenvalue weighted by molar-refractivity contribution is -0.145. The van der Waals surface area contributed by atoms with Crippen LogP contribution in [0, 0.1) is 0 Å². The van der Waals surface area contributed by atoms with Gasteiger partial charge in [0.1, 0.15) is 6.04 Å². The van der Waals surface area contributed by atoms with Crippen LogP contribution in [0.4, 0.5) is 0 Å². The largest absolute Gasteiger partial charge is 0.481 e. The lowest BCUT2D eigenvalue weighted by Crippen LogP contribution is -2.42. The van der Waals surface area contributed by atoms with Crippen LogP contribution in [-0.4, -0.2) is 46.2 Å². The molecule has 1 heterocycles. The number of hydrogen-bond acceptors (Lipinski definition) is 5. The molecule has 1 rings (SSSR count). The van der Waals surface area contributed by atoms with Crippen molar-refractivity contribution in [2.24, 2.45) is 7.05 Å². The minimum absolute atomic E-state index is 0.373. The number of rotatable bonds is 6. The Hall–Kier alpha value is -1.94. The molecule has 0 aliphatic carbocycles. The van der Waals surface area contributed by atoms with Gasteiger partial charge >= 0.3 is 11.9 Å². The molecule has 0 aliphatic rings. The molecule has 0 amide bonds. The van der Waals surface area contributed by atoms with E-state index >= 15 is 0 Å². The number of hydrogen-bond donors (Lipinski definition) is 3. The summed E-state index contributed by atoms with van der Waals surface area (Å²) in [4.78, 5) is 24.7. The van der Waals surface area contributed by atoms with E-state index in [0.29, 0.717) is 0 Å². The maximum atomic E-state index is 11.7. The highest BCUT2D eigenvalue weighted by Gasteiger charge is 2.28. The van der Waals surface area contributed by atoms with Gasteiger partial charge in [-0.1, -0.05) is 0 Å². The third-order valence-corrected chi connectivity index (χ3v) is 3.29. The van der Waals surface area contributed by atoms with E-state index in [1.807, 2.05) is 0 Å². The molecule has 18 heavy (non-hydrogen) atoms. The van der Waals surface area contributed by atoms with E-state index in [-0.39, 0.29) is 5.03 Å². The van der Waals surface area contributed by atoms with E-state index in [1.54, 1.807) is 4.72 Å². The Morgan fingerprint density at radius 2 is 2.11 bits per heavy atom. The second kappa shape index (κ2) is 5.14. The Bertz CT molecular complexity index is 563. The van der Waals surface area contributed by atoms with Crippen molar-refractivity contribution in [1.82, 2.24) is 14.3 Å². The van der Waals surface area contributed by atoms with Crippen molar-refractivity contribution in [1.29, 1.82) is 0 Å². The topological polar surface area (TPSA) is 139 Å². The van der Waals surface area contributed by atoms with Crippen LogP contribution in [-0.2, 0) is 26.7 Å². The lowest BCUT2D eigenvalue weighted by atomic mass is 10.2. The lowest BCUT2D eigenvalue weighted by Gasteiger charge is -2.11. The number of aromatic nitrogens is 2. The van der Waals surface area contributed by atoms with Crippen molar-refractivity contribution in [3.63, 3.8) is 0 Å². The molecule has 10 heteroatoms. The maximum Gasteiger partial charge on any atom is 0.322 e. The predicted molar refractivity (Wildman–Crippen MR) is 57.2 cm³/mol. The van der Waals surface area contributed by atoms with Crippen LogP contribution >= 0.6 is 0 Å². The van der Waals surface area contributed by atoms with E-state index < -0.39 is 34.4 Å². The van der Waals surface area contributed by atoms with Gasteiger partial charge < -0.3 is 14.8 Å². The van der Waals surface area contributed by atoms with E-state index in [1.165, 1.54) is 24.1 Å². The van der Waals surface area contributed by atoms with Crippen LogP contribution in [0.2, 0.25) is 0 Å². The first-order valence-electron chi connectivity index (χ1n) is 4.67. The van der Waals surface area contributed by atoms with Gasteiger partial charge in [0.2, 0.25) is 0 Å². The number of aliphatic carboxylic acids is 2. The molecule has 0 aromatic carbocycles. The first-order chi connectivity index (χ1) is 8.22. The molecule has 0 spiro atoms. The summed E-state index contributed by atoms with van der Waals surface area (Å²) in [6.45, 7) is 0. The van der Waals surface area contributed by atoms with Crippen LogP contribution in [0.25, 0.3) is 0 Å². The molecule has 0 aliphatic heterocycles. The summed E-state index contributed by atoms with van der Waals surface area (Å²) in [5.41, 5.74) is 0. The van der Waals surface area contributed by atoms with Crippen LogP contribution in [0.15, 0.2) is 17.6 Å². The normalized spacial score (nSPS) is 13.2. The second-order valence-corrected chi connectivity index (χ2v) is 5.15. The van der Waals surface area contributed by atoms with Crippen LogP contribution in [0.1, 0.15) is 6.42 Å². The van der Waals surface area contributed by atoms with E-state index in [2.05, 4.69) is 4.98 Å². The average molecular weight is 277 g/mol. The van der Waals surface area contributed by atoms with E-state index in [9.17, 15) is 18.0 Å². The first kappa shape index (κ1) is 14.1. The van der Waals surface area contributed by atoms with Crippen molar-refractivity contribution >= 4 is 22.0 Å². The molecule has 0 radical (unpaired) electrons. The number of carboxylic acid groups (broad SMARTS) is 2. The van der Waals surface area contributed by atoms with Crippen molar-refractivity contribution in [3.05, 3.63) is 12.5 Å². The Morgan fingerprint density at radius 3 is 2.50 bits per heavy atom. The molecular formula is C8H11N3O6S. The van der Waals surface area contributed by atoms with Gasteiger partial charge in [0, 0.05) is 13.2 Å². The fourth-order valence-electron chi connectivity index (χ4n) is 1.13. The van der Waals surface area contributed by atoms with Gasteiger partial charge in [-0.15, -0.1) is 0 Å². The SMILES string of the molecule is Cn1cnc(S(=O)(=O)NC(CC(=O)O)C(=O)O)c1. The molecule has 1 atom stereocenters. The van der Waals surface area contributed by atoms with Gasteiger partial charge in [0.05, 0.1) is 12.7 Å². The van der Waals surface area contributed by atoms with Gasteiger partial charge in [-0.2, -0.15) is 4.72 Å². The fourth-order valence-corrected chi connectivity index (χ4v) is 2.30. The summed E-state index contributed by atoms with van der Waals surface area (Å²) >= 11 is 0. The molecule has 0 saturated heterocycles. The number of imidazole rings is 1. The van der Waals surface area contributed by atoms with Crippen LogP contribution in [0.5, 0.6) is 0 Å². The Morgan fingerprint density at radius 1 is 1.50 bits per heavy atom. The highest BCUT2D eigenvalue weighted by Crippen LogP contribution is 2.06. The molecule has 3 N–H and O–H groups in total. The first-order valence-corrected chi connectivity index (χ1v) is 6.15. The smallest absolute Gasteiger partial charge is 0.322 e. The third-order valence-electron chi connectivity index (χ3n) is 1.93. The number of carbonyl (C=O) groups is 2. The number of sulfonamides is 1. The monoisotopic (exact) mass is 277 g/mol. The number of carboxylic acids is 2. The molecule has 0 saturated carbocycles. The second-order valence-electron chi connectivity index (χ2n) is 3.49. The van der Waals surface area contributed by atoms with Gasteiger partial charge in [0.15, 0.2) is 5.03 Å². The molecule has 9 nitrogen and oxygen atoms in total. The van der Waals surface area contributed by atoms with Crippen LogP contribution < -0.4 is 4.72 Å². The zero-order valence-electron chi connectivity index (χ0n) is 9.27. The Kier molecular flexibility index (Phi) is 4.03. The third kappa shape index (κ3) is 3.53. The summed E-state index contributed by atoms with van der Waals surface area (Å²) in [5, 5.41) is 16.8. The van der Waals surface area contributed by atoms with E-state index in [0.717, 1.165) is 0 Å². The predicted octanol–water partition coefficient (Wildman–Crippen LogP) is -1.37. The summed E-state index contributed by atoms with van der Waals surface area (Å²) in [7, 11) is -2.62. The average Bonchev–Trinajstić information content (AvgIpc) is 2.63. The van der Waals surface area contributed by atoms with Crippen molar-refractivity contribution in [2.75, 3.05) is 0 Å². The fraction of sp³-hybridized carbons (Fsp3) is 0.375. The number of nitrogens with one attached hydrogen (secondary N) is 1. The quantitative estimate of drug-likeness (QED) is 0.582. The zero-order valence-corrected chi connectivity index (χ0v) is 10.1. The zero-order chi connectivity index (χ0) is 13.9.